The molecule has 1 heterocycles. The normalized spacial score (nSPS) is 10.2. The van der Waals surface area contributed by atoms with Crippen LogP contribution in [0.4, 0.5) is 0 Å². The van der Waals surface area contributed by atoms with Gasteiger partial charge >= 0.3 is 5.97 Å². The second kappa shape index (κ2) is 4.83. The lowest BCUT2D eigenvalue weighted by Crippen LogP contribution is -2.18. The van der Waals surface area contributed by atoms with Gasteiger partial charge in [-0.15, -0.1) is 0 Å². The van der Waals surface area contributed by atoms with E-state index in [1.807, 2.05) is 0 Å². The summed E-state index contributed by atoms with van der Waals surface area (Å²) in [6, 6.07) is 0. The number of nitrogens with two attached hydrogens (primary N) is 1. The first-order valence-electron chi connectivity index (χ1n) is 5.07. The zero-order valence-corrected chi connectivity index (χ0v) is 9.74. The quantitative estimate of drug-likeness (QED) is 0.758. The maximum Gasteiger partial charge on any atom is 0.340 e. The maximum absolute atomic E-state index is 11.7. The predicted molar refractivity (Wildman–Crippen MR) is 59.0 cm³/mol. The summed E-state index contributed by atoms with van der Waals surface area (Å²) in [4.78, 5) is 22.6. The number of nitrogens with zero attached hydrogens (tertiary/aromatic N) is 1. The predicted octanol–water partition coefficient (Wildman–Crippen LogP) is 0.538. The van der Waals surface area contributed by atoms with Crippen molar-refractivity contribution in [3.8, 4) is 0 Å². The fourth-order valence-electron chi connectivity index (χ4n) is 1.70. The Hall–Kier alpha value is -1.78. The SMILES string of the molecule is CCOC(=O)c1c(C)cn(C)c1CC(N)=O. The van der Waals surface area contributed by atoms with E-state index >= 15 is 0 Å². The number of aromatic nitrogens is 1. The monoisotopic (exact) mass is 224 g/mol. The Morgan fingerprint density at radius 1 is 1.50 bits per heavy atom. The summed E-state index contributed by atoms with van der Waals surface area (Å²) in [5.41, 5.74) is 6.98. The molecule has 0 radical (unpaired) electrons. The molecule has 1 amide bonds. The van der Waals surface area contributed by atoms with Gasteiger partial charge in [0.15, 0.2) is 0 Å². The van der Waals surface area contributed by atoms with Crippen molar-refractivity contribution in [2.45, 2.75) is 20.3 Å². The average molecular weight is 224 g/mol. The van der Waals surface area contributed by atoms with Gasteiger partial charge in [-0.05, 0) is 19.4 Å². The summed E-state index contributed by atoms with van der Waals surface area (Å²) >= 11 is 0. The standard InChI is InChI=1S/C11H16N2O3/c1-4-16-11(15)10-7(2)6-13(3)8(10)5-9(12)14/h6H,4-5H2,1-3H3,(H2,12,14). The van der Waals surface area contributed by atoms with Gasteiger partial charge in [0, 0.05) is 18.9 Å². The molecular formula is C11H16N2O3. The summed E-state index contributed by atoms with van der Waals surface area (Å²) in [6.07, 6.45) is 1.82. The summed E-state index contributed by atoms with van der Waals surface area (Å²) < 4.78 is 6.67. The number of hydrogen-bond donors (Lipinski definition) is 1. The molecule has 1 aromatic rings. The van der Waals surface area contributed by atoms with E-state index in [4.69, 9.17) is 10.5 Å². The maximum atomic E-state index is 11.7. The number of esters is 1. The minimum atomic E-state index is -0.466. The van der Waals surface area contributed by atoms with Crippen LogP contribution in [0.1, 0.15) is 28.5 Å². The minimum Gasteiger partial charge on any atom is -0.462 e. The van der Waals surface area contributed by atoms with Crippen LogP contribution in [-0.2, 0) is 23.0 Å². The highest BCUT2D eigenvalue weighted by Gasteiger charge is 2.20. The first-order valence-corrected chi connectivity index (χ1v) is 5.07. The van der Waals surface area contributed by atoms with Gasteiger partial charge in [0.1, 0.15) is 0 Å². The third-order valence-electron chi connectivity index (χ3n) is 2.32. The van der Waals surface area contributed by atoms with E-state index < -0.39 is 11.9 Å². The van der Waals surface area contributed by atoms with E-state index in [1.165, 1.54) is 0 Å². The van der Waals surface area contributed by atoms with Crippen molar-refractivity contribution in [1.29, 1.82) is 0 Å². The van der Waals surface area contributed by atoms with E-state index in [-0.39, 0.29) is 6.42 Å². The fourth-order valence-corrected chi connectivity index (χ4v) is 1.70. The number of hydrogen-bond acceptors (Lipinski definition) is 3. The van der Waals surface area contributed by atoms with Gasteiger partial charge < -0.3 is 15.0 Å². The third kappa shape index (κ3) is 2.42. The zero-order valence-electron chi connectivity index (χ0n) is 9.74. The van der Waals surface area contributed by atoms with Crippen LogP contribution in [0.15, 0.2) is 6.20 Å². The first kappa shape index (κ1) is 12.3. The van der Waals surface area contributed by atoms with Crippen LogP contribution in [0.25, 0.3) is 0 Å². The van der Waals surface area contributed by atoms with Crippen LogP contribution in [0.2, 0.25) is 0 Å². The van der Waals surface area contributed by atoms with E-state index in [0.717, 1.165) is 5.56 Å². The third-order valence-corrected chi connectivity index (χ3v) is 2.32. The molecule has 5 nitrogen and oxygen atoms in total. The molecular weight excluding hydrogens is 208 g/mol. The van der Waals surface area contributed by atoms with Gasteiger partial charge in [-0.2, -0.15) is 0 Å². The number of rotatable bonds is 4. The van der Waals surface area contributed by atoms with Crippen molar-refractivity contribution >= 4 is 11.9 Å². The van der Waals surface area contributed by atoms with E-state index in [0.29, 0.717) is 17.9 Å². The molecule has 0 aromatic carbocycles. The highest BCUT2D eigenvalue weighted by Crippen LogP contribution is 2.17. The summed E-state index contributed by atoms with van der Waals surface area (Å²) in [5.74, 6) is -0.872. The van der Waals surface area contributed by atoms with Crippen LogP contribution >= 0.6 is 0 Å². The Labute approximate surface area is 94.2 Å². The van der Waals surface area contributed by atoms with Crippen molar-refractivity contribution in [3.63, 3.8) is 0 Å². The van der Waals surface area contributed by atoms with Gasteiger partial charge in [0.25, 0.3) is 0 Å². The topological polar surface area (TPSA) is 74.3 Å². The van der Waals surface area contributed by atoms with Gasteiger partial charge in [-0.25, -0.2) is 4.79 Å². The molecule has 0 atom stereocenters. The molecule has 2 N–H and O–H groups in total. The summed E-state index contributed by atoms with van der Waals surface area (Å²) in [5, 5.41) is 0. The molecule has 0 spiro atoms. The Morgan fingerprint density at radius 2 is 2.12 bits per heavy atom. The van der Waals surface area contributed by atoms with E-state index in [9.17, 15) is 9.59 Å². The van der Waals surface area contributed by atoms with Crippen LogP contribution in [0.5, 0.6) is 0 Å². The number of carbonyl (C=O) groups excluding carboxylic acids is 2. The molecule has 0 aliphatic rings. The molecule has 88 valence electrons. The van der Waals surface area contributed by atoms with Crippen LogP contribution in [0.3, 0.4) is 0 Å². The molecule has 0 bridgehead atoms. The summed E-state index contributed by atoms with van der Waals surface area (Å²) in [6.45, 7) is 3.85. The highest BCUT2D eigenvalue weighted by atomic mass is 16.5. The van der Waals surface area contributed by atoms with Crippen molar-refractivity contribution < 1.29 is 14.3 Å². The zero-order chi connectivity index (χ0) is 12.3. The molecule has 0 unspecified atom stereocenters. The number of primary amides is 1. The van der Waals surface area contributed by atoms with E-state index in [2.05, 4.69) is 0 Å². The molecule has 0 fully saturated rings. The fraction of sp³-hybridized carbons (Fsp3) is 0.455. The van der Waals surface area contributed by atoms with Crippen molar-refractivity contribution in [1.82, 2.24) is 4.57 Å². The van der Waals surface area contributed by atoms with Crippen molar-refractivity contribution in [2.24, 2.45) is 12.8 Å². The number of carbonyl (C=O) groups is 2. The lowest BCUT2D eigenvalue weighted by Gasteiger charge is -2.05. The lowest BCUT2D eigenvalue weighted by atomic mass is 10.1. The van der Waals surface area contributed by atoms with Crippen molar-refractivity contribution in [3.05, 3.63) is 23.0 Å². The molecule has 0 aliphatic heterocycles. The minimum absolute atomic E-state index is 0.0402. The Bertz CT molecular complexity index is 421. The molecule has 5 heteroatoms. The van der Waals surface area contributed by atoms with Gasteiger partial charge in [-0.1, -0.05) is 0 Å². The molecule has 16 heavy (non-hydrogen) atoms. The lowest BCUT2D eigenvalue weighted by molar-refractivity contribution is -0.117. The van der Waals surface area contributed by atoms with Gasteiger partial charge in [0.05, 0.1) is 18.6 Å². The molecule has 0 saturated carbocycles. The summed E-state index contributed by atoms with van der Waals surface area (Å²) in [7, 11) is 1.77. The van der Waals surface area contributed by atoms with Crippen LogP contribution in [0, 0.1) is 6.92 Å². The molecule has 0 aliphatic carbocycles. The Balaban J connectivity index is 3.14. The largest absolute Gasteiger partial charge is 0.462 e. The van der Waals surface area contributed by atoms with Crippen LogP contribution in [-0.4, -0.2) is 23.1 Å². The number of ether oxygens (including phenoxy) is 1. The van der Waals surface area contributed by atoms with E-state index in [1.54, 1.807) is 31.7 Å². The molecule has 1 aromatic heterocycles. The Morgan fingerprint density at radius 3 is 2.62 bits per heavy atom. The second-order valence-electron chi connectivity index (χ2n) is 3.61. The number of aryl methyl sites for hydroxylation is 2. The van der Waals surface area contributed by atoms with Crippen molar-refractivity contribution in [2.75, 3.05) is 6.61 Å². The van der Waals surface area contributed by atoms with Crippen LogP contribution < -0.4 is 5.73 Å². The number of amides is 1. The Kier molecular flexibility index (Phi) is 3.71. The molecule has 0 saturated heterocycles. The van der Waals surface area contributed by atoms with Gasteiger partial charge in [0.2, 0.25) is 5.91 Å². The highest BCUT2D eigenvalue weighted by molar-refractivity contribution is 5.94. The first-order chi connectivity index (χ1) is 7.47. The molecule has 1 rings (SSSR count). The second-order valence-corrected chi connectivity index (χ2v) is 3.61. The average Bonchev–Trinajstić information content (AvgIpc) is 2.41. The van der Waals surface area contributed by atoms with Gasteiger partial charge in [-0.3, -0.25) is 4.79 Å². The smallest absolute Gasteiger partial charge is 0.340 e.